The van der Waals surface area contributed by atoms with Crippen molar-refractivity contribution in [2.75, 3.05) is 13.1 Å². The monoisotopic (exact) mass is 394 g/mol. The zero-order valence-corrected chi connectivity index (χ0v) is 13.9. The van der Waals surface area contributed by atoms with Gasteiger partial charge in [0.1, 0.15) is 0 Å². The highest BCUT2D eigenvalue weighted by molar-refractivity contribution is 5.92. The van der Waals surface area contributed by atoms with Gasteiger partial charge in [0.25, 0.3) is 0 Å². The van der Waals surface area contributed by atoms with Gasteiger partial charge in [0.15, 0.2) is 0 Å². The van der Waals surface area contributed by atoms with Crippen LogP contribution in [0.3, 0.4) is 0 Å². The Labute approximate surface area is 150 Å². The van der Waals surface area contributed by atoms with E-state index in [9.17, 15) is 35.9 Å². The van der Waals surface area contributed by atoms with Gasteiger partial charge in [-0.15, -0.1) is 0 Å². The fourth-order valence-corrected chi connectivity index (χ4v) is 2.76. The summed E-state index contributed by atoms with van der Waals surface area (Å²) in [5, 5.41) is 0. The Balaban J connectivity index is 2.25. The van der Waals surface area contributed by atoms with E-state index in [-0.39, 0.29) is 12.6 Å². The molecule has 1 saturated heterocycles. The number of primary amides is 1. The van der Waals surface area contributed by atoms with Crippen molar-refractivity contribution < 1.29 is 35.9 Å². The van der Waals surface area contributed by atoms with Crippen LogP contribution >= 0.6 is 0 Å². The summed E-state index contributed by atoms with van der Waals surface area (Å²) in [6, 6.07) is 1.07. The first-order valence-corrected chi connectivity index (χ1v) is 7.93. The minimum absolute atomic E-state index is 0.0151. The SMILES string of the molecule is NC(=O)[C@H]1CCCN(C(=O)/C=C\c2cc(C(F)(F)F)cc(C(F)(F)F)c2)C1. The predicted octanol–water partition coefficient (Wildman–Crippen LogP) is 3.46. The standard InChI is InChI=1S/C17H16F6N2O2/c18-16(19,20)12-6-10(7-13(8-12)17(21,22)23)3-4-14(26)25-5-1-2-11(9-25)15(24)27/h3-4,6-8,11H,1-2,5,9H2,(H2,24,27)/b4-3-/t11-/m0/s1. The number of alkyl halides is 6. The molecule has 27 heavy (non-hydrogen) atoms. The molecule has 1 aromatic carbocycles. The third kappa shape index (κ3) is 5.48. The molecule has 1 atom stereocenters. The first kappa shape index (κ1) is 20.8. The van der Waals surface area contributed by atoms with Crippen LogP contribution in [0.2, 0.25) is 0 Å². The van der Waals surface area contributed by atoms with Gasteiger partial charge in [-0.1, -0.05) is 0 Å². The molecule has 0 unspecified atom stereocenters. The molecule has 0 saturated carbocycles. The van der Waals surface area contributed by atoms with E-state index in [1.54, 1.807) is 0 Å². The van der Waals surface area contributed by atoms with Gasteiger partial charge in [0.2, 0.25) is 11.8 Å². The zero-order valence-electron chi connectivity index (χ0n) is 13.9. The summed E-state index contributed by atoms with van der Waals surface area (Å²) >= 11 is 0. The van der Waals surface area contributed by atoms with Gasteiger partial charge in [-0.3, -0.25) is 9.59 Å². The van der Waals surface area contributed by atoms with Gasteiger partial charge in [-0.2, -0.15) is 26.3 Å². The number of halogens is 6. The van der Waals surface area contributed by atoms with Crippen molar-refractivity contribution in [3.63, 3.8) is 0 Å². The van der Waals surface area contributed by atoms with Crippen LogP contribution < -0.4 is 5.73 Å². The summed E-state index contributed by atoms with van der Waals surface area (Å²) < 4.78 is 77.0. The maximum Gasteiger partial charge on any atom is 0.416 e. The molecule has 2 N–H and O–H groups in total. The average Bonchev–Trinajstić information content (AvgIpc) is 2.58. The molecule has 4 nitrogen and oxygen atoms in total. The number of hydrogen-bond donors (Lipinski definition) is 1. The first-order valence-electron chi connectivity index (χ1n) is 7.93. The highest BCUT2D eigenvalue weighted by Gasteiger charge is 2.36. The maximum absolute atomic E-state index is 12.8. The van der Waals surface area contributed by atoms with E-state index in [1.807, 2.05) is 0 Å². The number of amides is 2. The van der Waals surface area contributed by atoms with E-state index in [4.69, 9.17) is 5.73 Å². The van der Waals surface area contributed by atoms with Crippen LogP contribution in [0.4, 0.5) is 26.3 Å². The van der Waals surface area contributed by atoms with E-state index in [0.29, 0.717) is 31.5 Å². The molecule has 0 aliphatic carbocycles. The van der Waals surface area contributed by atoms with Gasteiger partial charge >= 0.3 is 12.4 Å². The van der Waals surface area contributed by atoms with Crippen molar-refractivity contribution in [1.29, 1.82) is 0 Å². The van der Waals surface area contributed by atoms with Crippen LogP contribution in [-0.4, -0.2) is 29.8 Å². The van der Waals surface area contributed by atoms with Gasteiger partial charge in [-0.05, 0) is 42.7 Å². The second-order valence-electron chi connectivity index (χ2n) is 6.20. The van der Waals surface area contributed by atoms with Crippen LogP contribution in [0.1, 0.15) is 29.5 Å². The fraction of sp³-hybridized carbons (Fsp3) is 0.412. The minimum atomic E-state index is -4.96. The molecule has 1 aliphatic rings. The normalized spacial score (nSPS) is 18.7. The summed E-state index contributed by atoms with van der Waals surface area (Å²) in [4.78, 5) is 24.6. The Bertz CT molecular complexity index is 723. The van der Waals surface area contributed by atoms with Crippen molar-refractivity contribution in [2.45, 2.75) is 25.2 Å². The van der Waals surface area contributed by atoms with Gasteiger partial charge in [0, 0.05) is 19.2 Å². The molecule has 1 heterocycles. The van der Waals surface area contributed by atoms with E-state index in [0.717, 1.165) is 12.2 Å². The van der Waals surface area contributed by atoms with E-state index in [2.05, 4.69) is 0 Å². The molecule has 148 valence electrons. The molecule has 0 bridgehead atoms. The topological polar surface area (TPSA) is 63.4 Å². The Kier molecular flexibility index (Phi) is 5.86. The summed E-state index contributed by atoms with van der Waals surface area (Å²) in [5.41, 5.74) is 1.87. The third-order valence-electron chi connectivity index (χ3n) is 4.16. The van der Waals surface area contributed by atoms with Crippen LogP contribution in [0.5, 0.6) is 0 Å². The second-order valence-corrected chi connectivity index (χ2v) is 6.20. The molecular formula is C17H16F6N2O2. The Morgan fingerprint density at radius 1 is 1.04 bits per heavy atom. The lowest BCUT2D eigenvalue weighted by atomic mass is 9.97. The maximum atomic E-state index is 12.8. The van der Waals surface area contributed by atoms with E-state index >= 15 is 0 Å². The van der Waals surface area contributed by atoms with Crippen molar-refractivity contribution in [1.82, 2.24) is 4.90 Å². The number of rotatable bonds is 3. The number of carbonyl (C=O) groups is 2. The third-order valence-corrected chi connectivity index (χ3v) is 4.16. The van der Waals surface area contributed by atoms with E-state index < -0.39 is 46.8 Å². The molecule has 1 aromatic rings. The van der Waals surface area contributed by atoms with Crippen molar-refractivity contribution in [2.24, 2.45) is 11.7 Å². The zero-order chi connectivity index (χ0) is 20.4. The summed E-state index contributed by atoms with van der Waals surface area (Å²) in [7, 11) is 0. The largest absolute Gasteiger partial charge is 0.416 e. The number of nitrogens with zero attached hydrogens (tertiary/aromatic N) is 1. The van der Waals surface area contributed by atoms with Crippen LogP contribution in [0.15, 0.2) is 24.3 Å². The average molecular weight is 394 g/mol. The Morgan fingerprint density at radius 2 is 1.59 bits per heavy atom. The molecule has 0 spiro atoms. The van der Waals surface area contributed by atoms with Gasteiger partial charge in [-0.25, -0.2) is 0 Å². The lowest BCUT2D eigenvalue weighted by molar-refractivity contribution is -0.143. The predicted molar refractivity (Wildman–Crippen MR) is 84.0 cm³/mol. The molecular weight excluding hydrogens is 378 g/mol. The minimum Gasteiger partial charge on any atom is -0.369 e. The van der Waals surface area contributed by atoms with Gasteiger partial charge < -0.3 is 10.6 Å². The smallest absolute Gasteiger partial charge is 0.369 e. The number of carbonyl (C=O) groups excluding carboxylic acids is 2. The Hall–Kier alpha value is -2.52. The lowest BCUT2D eigenvalue weighted by Crippen LogP contribution is -2.43. The molecule has 10 heteroatoms. The Morgan fingerprint density at radius 3 is 2.07 bits per heavy atom. The van der Waals surface area contributed by atoms with Crippen LogP contribution in [0.25, 0.3) is 6.08 Å². The van der Waals surface area contributed by atoms with E-state index in [1.165, 1.54) is 4.90 Å². The molecule has 0 radical (unpaired) electrons. The summed E-state index contributed by atoms with van der Waals surface area (Å²) in [5.74, 6) is -1.71. The molecule has 1 fully saturated rings. The molecule has 2 amide bonds. The number of likely N-dealkylation sites (tertiary alicyclic amines) is 1. The summed E-state index contributed by atoms with van der Waals surface area (Å²) in [6.07, 6.45) is -7.11. The number of piperidine rings is 1. The quantitative estimate of drug-likeness (QED) is 0.631. The molecule has 2 rings (SSSR count). The molecule has 0 aromatic heterocycles. The van der Waals surface area contributed by atoms with Crippen LogP contribution in [-0.2, 0) is 21.9 Å². The fourth-order valence-electron chi connectivity index (χ4n) is 2.76. The highest BCUT2D eigenvalue weighted by atomic mass is 19.4. The van der Waals surface area contributed by atoms with Gasteiger partial charge in [0.05, 0.1) is 17.0 Å². The number of nitrogens with two attached hydrogens (primary N) is 1. The van der Waals surface area contributed by atoms with Crippen LogP contribution in [0, 0.1) is 5.92 Å². The van der Waals surface area contributed by atoms with Crippen molar-refractivity contribution in [3.05, 3.63) is 41.0 Å². The van der Waals surface area contributed by atoms with Crippen molar-refractivity contribution in [3.8, 4) is 0 Å². The molecule has 1 aliphatic heterocycles. The number of benzene rings is 1. The number of hydrogen-bond acceptors (Lipinski definition) is 2. The summed E-state index contributed by atoms with van der Waals surface area (Å²) in [6.45, 7) is 0.387. The lowest BCUT2D eigenvalue weighted by Gasteiger charge is -2.30. The second kappa shape index (κ2) is 7.61. The van der Waals surface area contributed by atoms with Crippen molar-refractivity contribution >= 4 is 17.9 Å². The first-order chi connectivity index (χ1) is 12.4. The highest BCUT2D eigenvalue weighted by Crippen LogP contribution is 2.36.